The molecule has 0 aliphatic heterocycles. The van der Waals surface area contributed by atoms with E-state index < -0.39 is 0 Å². The van der Waals surface area contributed by atoms with Gasteiger partial charge in [-0.3, -0.25) is 4.98 Å². The summed E-state index contributed by atoms with van der Waals surface area (Å²) < 4.78 is 0. The minimum Gasteiger partial charge on any atom is -0.397 e. The van der Waals surface area contributed by atoms with Crippen LogP contribution in [0.3, 0.4) is 0 Å². The molecule has 0 unspecified atom stereocenters. The monoisotopic (exact) mass is 302 g/mol. The van der Waals surface area contributed by atoms with Crippen LogP contribution in [0.5, 0.6) is 0 Å². The van der Waals surface area contributed by atoms with Gasteiger partial charge in [0.2, 0.25) is 0 Å². The van der Waals surface area contributed by atoms with Gasteiger partial charge in [-0.05, 0) is 18.2 Å². The Kier molecular flexibility index (Phi) is 3.97. The van der Waals surface area contributed by atoms with E-state index in [0.717, 1.165) is 0 Å². The summed E-state index contributed by atoms with van der Waals surface area (Å²) in [7, 11) is 0. The van der Waals surface area contributed by atoms with E-state index in [-0.39, 0.29) is 6.61 Å². The molecular formula is C12H9Cl3N2O. The van der Waals surface area contributed by atoms with Crippen LogP contribution >= 0.6 is 34.8 Å². The molecule has 0 saturated carbocycles. The molecule has 1 aromatic carbocycles. The van der Waals surface area contributed by atoms with Crippen LogP contribution in [-0.4, -0.2) is 10.1 Å². The summed E-state index contributed by atoms with van der Waals surface area (Å²) in [6.45, 7) is -0.156. The fourth-order valence-electron chi connectivity index (χ4n) is 1.51. The smallest absolute Gasteiger partial charge is 0.0778 e. The number of halogens is 3. The molecule has 0 amide bonds. The van der Waals surface area contributed by atoms with Crippen molar-refractivity contribution in [1.29, 1.82) is 0 Å². The highest BCUT2D eigenvalue weighted by molar-refractivity contribution is 6.48. The van der Waals surface area contributed by atoms with Gasteiger partial charge in [0.05, 0.1) is 39.3 Å². The normalized spacial score (nSPS) is 10.7. The molecule has 94 valence electrons. The van der Waals surface area contributed by atoms with Crippen LogP contribution in [-0.2, 0) is 6.61 Å². The van der Waals surface area contributed by atoms with Crippen LogP contribution in [0, 0.1) is 0 Å². The largest absolute Gasteiger partial charge is 0.397 e. The lowest BCUT2D eigenvalue weighted by atomic mass is 10.1. The van der Waals surface area contributed by atoms with Gasteiger partial charge in [0, 0.05) is 11.1 Å². The standard InChI is InChI=1S/C12H9Cl3N2O/c13-8-1-6(2-9(14)12(8)15)11-3-7(5-18)10(16)4-17-11/h1-4,18H,5,16H2. The molecule has 0 fully saturated rings. The van der Waals surface area contributed by atoms with Gasteiger partial charge in [-0.1, -0.05) is 34.8 Å². The van der Waals surface area contributed by atoms with E-state index in [9.17, 15) is 0 Å². The maximum absolute atomic E-state index is 9.16. The summed E-state index contributed by atoms with van der Waals surface area (Å²) in [5.74, 6) is 0. The molecule has 0 saturated heterocycles. The number of aromatic nitrogens is 1. The van der Waals surface area contributed by atoms with Crippen molar-refractivity contribution in [3.8, 4) is 11.3 Å². The van der Waals surface area contributed by atoms with Crippen LogP contribution in [0.25, 0.3) is 11.3 Å². The van der Waals surface area contributed by atoms with E-state index in [0.29, 0.717) is 37.6 Å². The Hall–Kier alpha value is -1.00. The van der Waals surface area contributed by atoms with Crippen molar-refractivity contribution < 1.29 is 5.11 Å². The van der Waals surface area contributed by atoms with Gasteiger partial charge in [-0.2, -0.15) is 0 Å². The minimum atomic E-state index is -0.156. The van der Waals surface area contributed by atoms with Crippen molar-refractivity contribution in [3.63, 3.8) is 0 Å². The first-order valence-electron chi connectivity index (χ1n) is 5.03. The lowest BCUT2D eigenvalue weighted by Gasteiger charge is -2.08. The summed E-state index contributed by atoms with van der Waals surface area (Å²) in [5, 5.41) is 10.2. The Morgan fingerprint density at radius 3 is 2.28 bits per heavy atom. The third-order valence-electron chi connectivity index (χ3n) is 2.47. The average Bonchev–Trinajstić information content (AvgIpc) is 2.36. The number of nitrogen functional groups attached to an aromatic ring is 1. The van der Waals surface area contributed by atoms with Gasteiger partial charge in [0.1, 0.15) is 0 Å². The molecule has 6 heteroatoms. The molecule has 0 aliphatic carbocycles. The van der Waals surface area contributed by atoms with Gasteiger partial charge < -0.3 is 10.8 Å². The fraction of sp³-hybridized carbons (Fsp3) is 0.0833. The molecule has 0 spiro atoms. The van der Waals surface area contributed by atoms with Gasteiger partial charge in [-0.25, -0.2) is 0 Å². The number of aliphatic hydroxyl groups is 1. The van der Waals surface area contributed by atoms with Crippen LogP contribution < -0.4 is 5.73 Å². The Balaban J connectivity index is 2.55. The second-order valence-corrected chi connectivity index (χ2v) is 4.87. The second kappa shape index (κ2) is 5.33. The predicted molar refractivity (Wildman–Crippen MR) is 75.0 cm³/mol. The van der Waals surface area contributed by atoms with Crippen molar-refractivity contribution in [2.75, 3.05) is 5.73 Å². The van der Waals surface area contributed by atoms with Crippen molar-refractivity contribution in [1.82, 2.24) is 4.98 Å². The van der Waals surface area contributed by atoms with Crippen LogP contribution in [0.15, 0.2) is 24.4 Å². The lowest BCUT2D eigenvalue weighted by molar-refractivity contribution is 0.282. The summed E-state index contributed by atoms with van der Waals surface area (Å²) in [5.41, 5.74) is 8.03. The first kappa shape index (κ1) is 13.4. The summed E-state index contributed by atoms with van der Waals surface area (Å²) in [6, 6.07) is 5.01. The number of hydrogen-bond donors (Lipinski definition) is 2. The highest BCUT2D eigenvalue weighted by atomic mass is 35.5. The van der Waals surface area contributed by atoms with Crippen LogP contribution in [0.1, 0.15) is 5.56 Å². The molecule has 18 heavy (non-hydrogen) atoms. The molecule has 1 aromatic heterocycles. The second-order valence-electron chi connectivity index (χ2n) is 3.68. The number of nitrogens with two attached hydrogens (primary N) is 1. The Labute approximate surface area is 119 Å². The number of anilines is 1. The summed E-state index contributed by atoms with van der Waals surface area (Å²) in [4.78, 5) is 4.17. The maximum Gasteiger partial charge on any atom is 0.0778 e. The predicted octanol–water partition coefficient (Wildman–Crippen LogP) is 3.78. The molecule has 3 nitrogen and oxygen atoms in total. The molecule has 0 aliphatic rings. The zero-order chi connectivity index (χ0) is 13.3. The quantitative estimate of drug-likeness (QED) is 0.830. The molecule has 0 bridgehead atoms. The third-order valence-corrected chi connectivity index (χ3v) is 3.67. The fourth-order valence-corrected chi connectivity index (χ4v) is 2.10. The van der Waals surface area contributed by atoms with Gasteiger partial charge in [0.15, 0.2) is 0 Å². The number of nitrogens with zero attached hydrogens (tertiary/aromatic N) is 1. The topological polar surface area (TPSA) is 59.1 Å². The van der Waals surface area contributed by atoms with Gasteiger partial charge in [-0.15, -0.1) is 0 Å². The lowest BCUT2D eigenvalue weighted by Crippen LogP contribution is -1.97. The number of hydrogen-bond acceptors (Lipinski definition) is 3. The van der Waals surface area contributed by atoms with Crippen LogP contribution in [0.2, 0.25) is 15.1 Å². The first-order valence-corrected chi connectivity index (χ1v) is 6.16. The number of aliphatic hydroxyl groups excluding tert-OH is 1. The Morgan fingerprint density at radius 2 is 1.72 bits per heavy atom. The zero-order valence-electron chi connectivity index (χ0n) is 9.12. The average molecular weight is 304 g/mol. The van der Waals surface area contributed by atoms with Gasteiger partial charge >= 0.3 is 0 Å². The number of pyridine rings is 1. The zero-order valence-corrected chi connectivity index (χ0v) is 11.4. The molecule has 0 atom stereocenters. The van der Waals surface area contributed by atoms with E-state index in [1.165, 1.54) is 6.20 Å². The highest BCUT2D eigenvalue weighted by Gasteiger charge is 2.09. The van der Waals surface area contributed by atoms with E-state index in [4.69, 9.17) is 45.6 Å². The minimum absolute atomic E-state index is 0.156. The van der Waals surface area contributed by atoms with Crippen molar-refractivity contribution in [3.05, 3.63) is 45.0 Å². The third kappa shape index (κ3) is 2.54. The molecule has 3 N–H and O–H groups in total. The highest BCUT2D eigenvalue weighted by Crippen LogP contribution is 2.34. The Morgan fingerprint density at radius 1 is 1.11 bits per heavy atom. The Bertz CT molecular complexity index is 579. The van der Waals surface area contributed by atoms with Crippen molar-refractivity contribution in [2.45, 2.75) is 6.61 Å². The van der Waals surface area contributed by atoms with E-state index in [2.05, 4.69) is 4.98 Å². The molecule has 2 aromatic rings. The van der Waals surface area contributed by atoms with Crippen LogP contribution in [0.4, 0.5) is 5.69 Å². The summed E-state index contributed by atoms with van der Waals surface area (Å²) >= 11 is 17.8. The van der Waals surface area contributed by atoms with Crippen molar-refractivity contribution in [2.24, 2.45) is 0 Å². The summed E-state index contributed by atoms with van der Waals surface area (Å²) in [6.07, 6.45) is 1.48. The number of benzene rings is 1. The SMILES string of the molecule is Nc1cnc(-c2cc(Cl)c(Cl)c(Cl)c2)cc1CO. The maximum atomic E-state index is 9.16. The van der Waals surface area contributed by atoms with E-state index in [1.54, 1.807) is 18.2 Å². The molecule has 2 rings (SSSR count). The van der Waals surface area contributed by atoms with E-state index in [1.807, 2.05) is 0 Å². The van der Waals surface area contributed by atoms with Crippen molar-refractivity contribution >= 4 is 40.5 Å². The van der Waals surface area contributed by atoms with Gasteiger partial charge in [0.25, 0.3) is 0 Å². The number of rotatable bonds is 2. The molecular weight excluding hydrogens is 295 g/mol. The molecule has 0 radical (unpaired) electrons. The molecule has 1 heterocycles. The first-order chi connectivity index (χ1) is 8.52. The van der Waals surface area contributed by atoms with E-state index >= 15 is 0 Å².